The summed E-state index contributed by atoms with van der Waals surface area (Å²) >= 11 is 0. The summed E-state index contributed by atoms with van der Waals surface area (Å²) in [6, 6.07) is 0. The average Bonchev–Trinajstić information content (AvgIpc) is 2.79. The van der Waals surface area contributed by atoms with E-state index >= 15 is 0 Å². The van der Waals surface area contributed by atoms with Crippen LogP contribution in [-0.4, -0.2) is 31.5 Å². The molecule has 0 atom stereocenters. The van der Waals surface area contributed by atoms with E-state index < -0.39 is 0 Å². The quantitative estimate of drug-likeness (QED) is 0.836. The van der Waals surface area contributed by atoms with Crippen LogP contribution in [0.4, 0.5) is 0 Å². The molecule has 2 fully saturated rings. The molecule has 0 aromatic rings. The Morgan fingerprint density at radius 1 is 1.28 bits per heavy atom. The molecule has 4 heteroatoms. The van der Waals surface area contributed by atoms with Crippen molar-refractivity contribution in [3.8, 4) is 0 Å². The van der Waals surface area contributed by atoms with Crippen molar-refractivity contribution in [2.45, 2.75) is 51.7 Å². The topological polar surface area (TPSA) is 47.6 Å². The third-order valence-electron chi connectivity index (χ3n) is 3.86. The summed E-state index contributed by atoms with van der Waals surface area (Å²) in [6.07, 6.45) is 4.61. The summed E-state index contributed by atoms with van der Waals surface area (Å²) in [5, 5.41) is 2.99. The van der Waals surface area contributed by atoms with E-state index in [0.29, 0.717) is 18.3 Å². The van der Waals surface area contributed by atoms with Crippen molar-refractivity contribution < 1.29 is 14.3 Å². The molecule has 0 unspecified atom stereocenters. The fourth-order valence-corrected chi connectivity index (χ4v) is 2.76. The smallest absolute Gasteiger partial charge is 0.220 e. The van der Waals surface area contributed by atoms with E-state index in [1.54, 1.807) is 0 Å². The summed E-state index contributed by atoms with van der Waals surface area (Å²) in [6.45, 7) is 6.44. The van der Waals surface area contributed by atoms with E-state index in [-0.39, 0.29) is 11.7 Å². The maximum atomic E-state index is 11.8. The molecule has 1 heterocycles. The molecule has 0 radical (unpaired) electrons. The van der Waals surface area contributed by atoms with Gasteiger partial charge >= 0.3 is 0 Å². The third kappa shape index (κ3) is 3.69. The van der Waals surface area contributed by atoms with Gasteiger partial charge in [0.15, 0.2) is 5.79 Å². The fraction of sp³-hybridized carbons (Fsp3) is 0.929. The van der Waals surface area contributed by atoms with Crippen LogP contribution in [0.25, 0.3) is 0 Å². The lowest BCUT2D eigenvalue weighted by Gasteiger charge is -2.35. The highest BCUT2D eigenvalue weighted by atomic mass is 16.7. The average molecular weight is 255 g/mol. The normalized spacial score (nSPS) is 23.7. The molecule has 1 saturated heterocycles. The Balaban J connectivity index is 1.68. The first-order valence-corrected chi connectivity index (χ1v) is 7.14. The van der Waals surface area contributed by atoms with Crippen LogP contribution >= 0.6 is 0 Å². The first-order valence-electron chi connectivity index (χ1n) is 7.14. The molecule has 1 aliphatic heterocycles. The zero-order valence-corrected chi connectivity index (χ0v) is 11.5. The second kappa shape index (κ2) is 6.02. The van der Waals surface area contributed by atoms with Crippen LogP contribution in [0.3, 0.4) is 0 Å². The SMILES string of the molecule is CC(C)CNC(=O)CC1CCC2(CC1)OCCO2. The molecule has 0 aromatic carbocycles. The van der Waals surface area contributed by atoms with Crippen LogP contribution in [0.15, 0.2) is 0 Å². The summed E-state index contributed by atoms with van der Waals surface area (Å²) < 4.78 is 11.4. The van der Waals surface area contributed by atoms with Gasteiger partial charge in [0, 0.05) is 25.8 Å². The number of hydrogen-bond acceptors (Lipinski definition) is 3. The molecule has 104 valence electrons. The summed E-state index contributed by atoms with van der Waals surface area (Å²) in [5.74, 6) is 0.905. The molecule has 2 aliphatic rings. The number of hydrogen-bond donors (Lipinski definition) is 1. The Morgan fingerprint density at radius 2 is 1.89 bits per heavy atom. The van der Waals surface area contributed by atoms with Gasteiger partial charge in [-0.05, 0) is 24.7 Å². The Kier molecular flexibility index (Phi) is 4.62. The van der Waals surface area contributed by atoms with Gasteiger partial charge in [0.25, 0.3) is 0 Å². The lowest BCUT2D eigenvalue weighted by Crippen LogP contribution is -2.37. The molecule has 1 spiro atoms. The van der Waals surface area contributed by atoms with Gasteiger partial charge in [0.2, 0.25) is 5.91 Å². The highest BCUT2D eigenvalue weighted by molar-refractivity contribution is 5.76. The molecule has 4 nitrogen and oxygen atoms in total. The fourth-order valence-electron chi connectivity index (χ4n) is 2.76. The maximum Gasteiger partial charge on any atom is 0.220 e. The monoisotopic (exact) mass is 255 g/mol. The Labute approximate surface area is 109 Å². The van der Waals surface area contributed by atoms with Crippen LogP contribution in [0.5, 0.6) is 0 Å². The highest BCUT2D eigenvalue weighted by Gasteiger charge is 2.40. The van der Waals surface area contributed by atoms with Crippen molar-refractivity contribution in [1.29, 1.82) is 0 Å². The number of carbonyl (C=O) groups excluding carboxylic acids is 1. The minimum Gasteiger partial charge on any atom is -0.356 e. The van der Waals surface area contributed by atoms with E-state index in [4.69, 9.17) is 9.47 Å². The summed E-state index contributed by atoms with van der Waals surface area (Å²) in [4.78, 5) is 11.8. The predicted molar refractivity (Wildman–Crippen MR) is 69.1 cm³/mol. The van der Waals surface area contributed by atoms with Crippen molar-refractivity contribution in [3.05, 3.63) is 0 Å². The molecule has 2 rings (SSSR count). The molecular weight excluding hydrogens is 230 g/mol. The molecule has 18 heavy (non-hydrogen) atoms. The van der Waals surface area contributed by atoms with Crippen molar-refractivity contribution in [1.82, 2.24) is 5.32 Å². The molecule has 1 N–H and O–H groups in total. The van der Waals surface area contributed by atoms with E-state index in [2.05, 4.69) is 19.2 Å². The van der Waals surface area contributed by atoms with E-state index in [1.807, 2.05) is 0 Å². The van der Waals surface area contributed by atoms with Crippen LogP contribution < -0.4 is 5.32 Å². The zero-order chi connectivity index (χ0) is 13.0. The van der Waals surface area contributed by atoms with Gasteiger partial charge < -0.3 is 14.8 Å². The molecule has 0 aromatic heterocycles. The minimum absolute atomic E-state index is 0.193. The largest absolute Gasteiger partial charge is 0.356 e. The lowest BCUT2D eigenvalue weighted by molar-refractivity contribution is -0.183. The summed E-state index contributed by atoms with van der Waals surface area (Å²) in [7, 11) is 0. The second-order valence-electron chi connectivity index (χ2n) is 5.95. The van der Waals surface area contributed by atoms with Crippen LogP contribution in [0.1, 0.15) is 46.0 Å². The van der Waals surface area contributed by atoms with Crippen LogP contribution in [0.2, 0.25) is 0 Å². The number of carbonyl (C=O) groups is 1. The van der Waals surface area contributed by atoms with Crippen LogP contribution in [-0.2, 0) is 14.3 Å². The van der Waals surface area contributed by atoms with Gasteiger partial charge in [-0.15, -0.1) is 0 Å². The standard InChI is InChI=1S/C14H25NO3/c1-11(2)10-15-13(16)9-12-3-5-14(6-4-12)17-7-8-18-14/h11-12H,3-10H2,1-2H3,(H,15,16). The molecular formula is C14H25NO3. The number of nitrogens with one attached hydrogen (secondary N) is 1. The summed E-state index contributed by atoms with van der Waals surface area (Å²) in [5.41, 5.74) is 0. The molecule has 1 amide bonds. The molecule has 1 aliphatic carbocycles. The number of rotatable bonds is 4. The zero-order valence-electron chi connectivity index (χ0n) is 11.5. The molecule has 0 bridgehead atoms. The first-order chi connectivity index (χ1) is 8.60. The Bertz CT molecular complexity index is 275. The van der Waals surface area contributed by atoms with Gasteiger partial charge in [-0.25, -0.2) is 0 Å². The van der Waals surface area contributed by atoms with Gasteiger partial charge in [-0.2, -0.15) is 0 Å². The number of amides is 1. The Morgan fingerprint density at radius 3 is 2.44 bits per heavy atom. The van der Waals surface area contributed by atoms with Gasteiger partial charge in [-0.1, -0.05) is 13.8 Å². The van der Waals surface area contributed by atoms with E-state index in [0.717, 1.165) is 45.4 Å². The lowest BCUT2D eigenvalue weighted by atomic mass is 9.83. The molecule has 1 saturated carbocycles. The highest BCUT2D eigenvalue weighted by Crippen LogP contribution is 2.39. The first kappa shape index (κ1) is 13.8. The minimum atomic E-state index is -0.301. The Hall–Kier alpha value is -0.610. The van der Waals surface area contributed by atoms with Gasteiger partial charge in [0.05, 0.1) is 13.2 Å². The maximum absolute atomic E-state index is 11.8. The van der Waals surface area contributed by atoms with Crippen molar-refractivity contribution in [3.63, 3.8) is 0 Å². The van der Waals surface area contributed by atoms with Crippen molar-refractivity contribution in [2.75, 3.05) is 19.8 Å². The van der Waals surface area contributed by atoms with E-state index in [1.165, 1.54) is 0 Å². The van der Waals surface area contributed by atoms with Crippen molar-refractivity contribution >= 4 is 5.91 Å². The van der Waals surface area contributed by atoms with Gasteiger partial charge in [0.1, 0.15) is 0 Å². The van der Waals surface area contributed by atoms with Gasteiger partial charge in [-0.3, -0.25) is 4.79 Å². The predicted octanol–water partition coefficient (Wildman–Crippen LogP) is 2.08. The third-order valence-corrected chi connectivity index (χ3v) is 3.86. The number of ether oxygens (including phenoxy) is 2. The van der Waals surface area contributed by atoms with E-state index in [9.17, 15) is 4.79 Å². The van der Waals surface area contributed by atoms with Crippen LogP contribution in [0, 0.1) is 11.8 Å². The second-order valence-corrected chi connectivity index (χ2v) is 5.95. The van der Waals surface area contributed by atoms with Crippen molar-refractivity contribution in [2.24, 2.45) is 11.8 Å².